The minimum atomic E-state index is -0.539. The summed E-state index contributed by atoms with van der Waals surface area (Å²) in [5, 5.41) is 5.30. The van der Waals surface area contributed by atoms with Gasteiger partial charge >= 0.3 is 0 Å². The number of aromatic nitrogens is 1. The fourth-order valence-corrected chi connectivity index (χ4v) is 4.47. The van der Waals surface area contributed by atoms with E-state index in [9.17, 15) is 14.0 Å². The van der Waals surface area contributed by atoms with Crippen molar-refractivity contribution in [3.8, 4) is 5.75 Å². The third-order valence-electron chi connectivity index (χ3n) is 4.44. The van der Waals surface area contributed by atoms with Crippen molar-refractivity contribution in [2.24, 2.45) is 0 Å². The van der Waals surface area contributed by atoms with Crippen molar-refractivity contribution < 1.29 is 18.7 Å². The van der Waals surface area contributed by atoms with E-state index in [1.165, 1.54) is 18.2 Å². The maximum Gasteiger partial charge on any atom is 0.262 e. The Balaban J connectivity index is 1.44. The fraction of sp³-hybridized carbons (Fsp3) is 0.0870. The van der Waals surface area contributed by atoms with Crippen molar-refractivity contribution in [1.29, 1.82) is 0 Å². The molecule has 0 saturated carbocycles. The number of halogens is 1. The van der Waals surface area contributed by atoms with Crippen molar-refractivity contribution in [2.45, 2.75) is 4.34 Å². The summed E-state index contributed by atoms with van der Waals surface area (Å²) in [5.74, 6) is -1.20. The number of hydrogen-bond donors (Lipinski definition) is 2. The van der Waals surface area contributed by atoms with E-state index < -0.39 is 11.7 Å². The van der Waals surface area contributed by atoms with Gasteiger partial charge in [0.05, 0.1) is 21.5 Å². The van der Waals surface area contributed by atoms with Gasteiger partial charge in [-0.25, -0.2) is 9.37 Å². The number of carbonyl (C=O) groups is 2. The van der Waals surface area contributed by atoms with Gasteiger partial charge in [0, 0.05) is 5.69 Å². The highest BCUT2D eigenvalue weighted by atomic mass is 32.2. The first-order chi connectivity index (χ1) is 15.5. The molecule has 0 atom stereocenters. The van der Waals surface area contributed by atoms with Crippen LogP contribution in [0.2, 0.25) is 0 Å². The number of carbonyl (C=O) groups excluding carboxylic acids is 2. The monoisotopic (exact) mass is 467 g/mol. The molecule has 0 saturated heterocycles. The van der Waals surface area contributed by atoms with Crippen LogP contribution in [0.4, 0.5) is 15.8 Å². The van der Waals surface area contributed by atoms with Gasteiger partial charge in [-0.15, -0.1) is 11.3 Å². The van der Waals surface area contributed by atoms with Gasteiger partial charge in [-0.05, 0) is 48.7 Å². The maximum atomic E-state index is 13.7. The molecule has 0 unspecified atom stereocenters. The van der Waals surface area contributed by atoms with Crippen LogP contribution in [0.3, 0.4) is 0 Å². The fourth-order valence-electron chi connectivity index (χ4n) is 2.94. The highest BCUT2D eigenvalue weighted by Gasteiger charge is 2.15. The number of para-hydroxylation sites is 2. The van der Waals surface area contributed by atoms with Crippen LogP contribution in [0.25, 0.3) is 10.2 Å². The Morgan fingerprint density at radius 2 is 1.84 bits per heavy atom. The summed E-state index contributed by atoms with van der Waals surface area (Å²) in [5.41, 5.74) is 1.85. The second-order valence-corrected chi connectivity index (χ2v) is 8.72. The molecule has 0 bridgehead atoms. The van der Waals surface area contributed by atoms with Crippen LogP contribution < -0.4 is 15.4 Å². The lowest BCUT2D eigenvalue weighted by atomic mass is 10.2. The Bertz CT molecular complexity index is 1290. The summed E-state index contributed by atoms with van der Waals surface area (Å²) in [6.07, 6.45) is 1.97. The molecule has 3 aromatic carbocycles. The second-order valence-electron chi connectivity index (χ2n) is 6.63. The number of thioether (sulfide) groups is 1. The third kappa shape index (κ3) is 5.06. The first kappa shape index (κ1) is 21.8. The van der Waals surface area contributed by atoms with Gasteiger partial charge in [0.2, 0.25) is 0 Å². The number of amides is 2. The summed E-state index contributed by atoms with van der Waals surface area (Å²) < 4.78 is 21.2. The zero-order valence-electron chi connectivity index (χ0n) is 16.9. The predicted octanol–water partition coefficient (Wildman–Crippen LogP) is 5.43. The summed E-state index contributed by atoms with van der Waals surface area (Å²) in [6.45, 7) is -0.372. The Hall–Kier alpha value is -3.43. The number of ether oxygens (including phenoxy) is 1. The highest BCUT2D eigenvalue weighted by Crippen LogP contribution is 2.30. The standard InChI is InChI=1S/C23H18FN3O3S2/c1-31-23-27-18-11-10-14(12-20(18)32-23)25-22(29)15-6-2-5-9-19(15)30-13-21(28)26-17-8-4-3-7-16(17)24/h2-12H,13H2,1H3,(H,25,29)(H,26,28). The normalized spacial score (nSPS) is 10.7. The van der Waals surface area contributed by atoms with Crippen molar-refractivity contribution in [1.82, 2.24) is 4.98 Å². The van der Waals surface area contributed by atoms with Crippen molar-refractivity contribution >= 4 is 56.5 Å². The van der Waals surface area contributed by atoms with E-state index in [0.717, 1.165) is 14.6 Å². The molecular formula is C23H18FN3O3S2. The number of thiazole rings is 1. The molecule has 0 fully saturated rings. The number of hydrogen-bond acceptors (Lipinski definition) is 6. The van der Waals surface area contributed by atoms with Gasteiger partial charge in [-0.3, -0.25) is 9.59 Å². The van der Waals surface area contributed by atoms with Crippen LogP contribution in [0.15, 0.2) is 71.1 Å². The average Bonchev–Trinajstić information content (AvgIpc) is 3.22. The number of rotatable bonds is 7. The molecule has 162 valence electrons. The maximum absolute atomic E-state index is 13.7. The number of fused-ring (bicyclic) bond motifs is 1. The summed E-state index contributed by atoms with van der Waals surface area (Å²) in [4.78, 5) is 29.5. The molecule has 32 heavy (non-hydrogen) atoms. The number of nitrogens with zero attached hydrogens (tertiary/aromatic N) is 1. The lowest BCUT2D eigenvalue weighted by Crippen LogP contribution is -2.22. The summed E-state index contributed by atoms with van der Waals surface area (Å²) in [7, 11) is 0. The van der Waals surface area contributed by atoms with E-state index in [-0.39, 0.29) is 29.5 Å². The number of benzene rings is 3. The molecule has 0 aliphatic carbocycles. The zero-order chi connectivity index (χ0) is 22.5. The Labute approximate surface area is 191 Å². The molecule has 1 heterocycles. The first-order valence-electron chi connectivity index (χ1n) is 9.55. The topological polar surface area (TPSA) is 80.3 Å². The Morgan fingerprint density at radius 3 is 2.66 bits per heavy atom. The van der Waals surface area contributed by atoms with Crippen LogP contribution in [0.1, 0.15) is 10.4 Å². The van der Waals surface area contributed by atoms with Gasteiger partial charge in [-0.1, -0.05) is 36.0 Å². The predicted molar refractivity (Wildman–Crippen MR) is 126 cm³/mol. The van der Waals surface area contributed by atoms with Crippen molar-refractivity contribution in [3.05, 3.63) is 78.1 Å². The molecule has 4 aromatic rings. The smallest absolute Gasteiger partial charge is 0.262 e. The highest BCUT2D eigenvalue weighted by molar-refractivity contribution is 8.00. The molecule has 1 aromatic heterocycles. The van der Waals surface area contributed by atoms with Crippen LogP contribution in [0.5, 0.6) is 5.75 Å². The van der Waals surface area contributed by atoms with E-state index in [1.54, 1.807) is 59.5 Å². The number of nitrogens with one attached hydrogen (secondary N) is 2. The van der Waals surface area contributed by atoms with Gasteiger partial charge in [-0.2, -0.15) is 0 Å². The van der Waals surface area contributed by atoms with Gasteiger partial charge in [0.1, 0.15) is 11.6 Å². The zero-order valence-corrected chi connectivity index (χ0v) is 18.6. The molecule has 0 spiro atoms. The molecule has 0 aliphatic heterocycles. The molecule has 6 nitrogen and oxygen atoms in total. The lowest BCUT2D eigenvalue weighted by molar-refractivity contribution is -0.118. The van der Waals surface area contributed by atoms with Crippen LogP contribution in [-0.2, 0) is 4.79 Å². The van der Waals surface area contributed by atoms with E-state index in [0.29, 0.717) is 5.69 Å². The van der Waals surface area contributed by atoms with E-state index in [2.05, 4.69) is 15.6 Å². The molecule has 0 aliphatic rings. The average molecular weight is 468 g/mol. The molecule has 2 amide bonds. The van der Waals surface area contributed by atoms with Crippen molar-refractivity contribution in [3.63, 3.8) is 0 Å². The van der Waals surface area contributed by atoms with Crippen LogP contribution in [0, 0.1) is 5.82 Å². The largest absolute Gasteiger partial charge is 0.483 e. The Morgan fingerprint density at radius 1 is 1.06 bits per heavy atom. The van der Waals surface area contributed by atoms with E-state index in [1.807, 2.05) is 18.4 Å². The summed E-state index contributed by atoms with van der Waals surface area (Å²) >= 11 is 3.13. The van der Waals surface area contributed by atoms with Crippen molar-refractivity contribution in [2.75, 3.05) is 23.5 Å². The van der Waals surface area contributed by atoms with Gasteiger partial charge < -0.3 is 15.4 Å². The van der Waals surface area contributed by atoms with Gasteiger partial charge in [0.15, 0.2) is 10.9 Å². The number of anilines is 2. The quantitative estimate of drug-likeness (QED) is 0.355. The molecular weight excluding hydrogens is 449 g/mol. The molecule has 2 N–H and O–H groups in total. The lowest BCUT2D eigenvalue weighted by Gasteiger charge is -2.12. The Kier molecular flexibility index (Phi) is 6.67. The second kappa shape index (κ2) is 9.80. The van der Waals surface area contributed by atoms with Gasteiger partial charge in [0.25, 0.3) is 11.8 Å². The third-order valence-corrected chi connectivity index (χ3v) is 6.44. The SMILES string of the molecule is CSc1nc2ccc(NC(=O)c3ccccc3OCC(=O)Nc3ccccc3F)cc2s1. The van der Waals surface area contributed by atoms with E-state index >= 15 is 0 Å². The summed E-state index contributed by atoms with van der Waals surface area (Å²) in [6, 6.07) is 18.0. The molecule has 4 rings (SSSR count). The minimum absolute atomic E-state index is 0.0650. The minimum Gasteiger partial charge on any atom is -0.483 e. The van der Waals surface area contributed by atoms with Crippen LogP contribution >= 0.6 is 23.1 Å². The van der Waals surface area contributed by atoms with Crippen LogP contribution in [-0.4, -0.2) is 29.7 Å². The first-order valence-corrected chi connectivity index (χ1v) is 11.6. The molecule has 0 radical (unpaired) electrons. The van der Waals surface area contributed by atoms with E-state index in [4.69, 9.17) is 4.74 Å². The molecule has 9 heteroatoms.